The normalized spacial score (nSPS) is 11.7. The van der Waals surface area contributed by atoms with Gasteiger partial charge in [0.1, 0.15) is 0 Å². The van der Waals surface area contributed by atoms with Gasteiger partial charge in [0.15, 0.2) is 0 Å². The van der Waals surface area contributed by atoms with E-state index in [1.54, 1.807) is 12.4 Å². The van der Waals surface area contributed by atoms with Crippen molar-refractivity contribution in [2.75, 3.05) is 6.26 Å². The molecule has 3 aromatic rings. The first-order valence-corrected chi connectivity index (χ1v) is 11.5. The average Bonchev–Trinajstić information content (AvgIpc) is 3.00. The van der Waals surface area contributed by atoms with Gasteiger partial charge in [-0.15, -0.1) is 0 Å². The summed E-state index contributed by atoms with van der Waals surface area (Å²) in [6, 6.07) is 6.03. The predicted octanol–water partition coefficient (Wildman–Crippen LogP) is 3.04. The van der Waals surface area contributed by atoms with E-state index in [2.05, 4.69) is 27.8 Å². The average molecular weight is 465 g/mol. The van der Waals surface area contributed by atoms with E-state index in [1.165, 1.54) is 0 Å². The summed E-state index contributed by atoms with van der Waals surface area (Å²) in [7, 11) is -3.58. The van der Waals surface area contributed by atoms with Gasteiger partial charge in [0.25, 0.3) is 0 Å². The molecule has 0 unspecified atom stereocenters. The molecule has 3 heterocycles. The third-order valence-electron chi connectivity index (χ3n) is 4.44. The standard InChI is InChI=1S/C19H21BrN4O3S/c1-4-15-5-7-17-19(13-9-14(20)11-21-10-13)16(12(2)22-24(15)17)6-8-18(25)23-28(3,26)27/h5,7,9-11H,4,6,8H2,1-3H3,(H,23,25). The number of nitrogens with zero attached hydrogens (tertiary/aromatic N) is 3. The lowest BCUT2D eigenvalue weighted by atomic mass is 9.96. The Morgan fingerprint density at radius 1 is 1.29 bits per heavy atom. The van der Waals surface area contributed by atoms with Gasteiger partial charge in [-0.25, -0.2) is 12.9 Å². The molecule has 1 N–H and O–H groups in total. The molecule has 3 rings (SSSR count). The number of pyridine rings is 1. The van der Waals surface area contributed by atoms with Crippen molar-refractivity contribution in [2.24, 2.45) is 0 Å². The summed E-state index contributed by atoms with van der Waals surface area (Å²) < 4.78 is 27.4. The highest BCUT2D eigenvalue weighted by Crippen LogP contribution is 2.33. The molecule has 0 atom stereocenters. The van der Waals surface area contributed by atoms with E-state index < -0.39 is 15.9 Å². The van der Waals surface area contributed by atoms with Crippen LogP contribution >= 0.6 is 15.9 Å². The summed E-state index contributed by atoms with van der Waals surface area (Å²) in [5.41, 5.74) is 5.57. The molecule has 148 valence electrons. The van der Waals surface area contributed by atoms with Crippen molar-refractivity contribution in [2.45, 2.75) is 33.1 Å². The largest absolute Gasteiger partial charge is 0.274 e. The molecule has 0 aliphatic rings. The predicted molar refractivity (Wildman–Crippen MR) is 112 cm³/mol. The monoisotopic (exact) mass is 464 g/mol. The summed E-state index contributed by atoms with van der Waals surface area (Å²) in [5, 5.41) is 4.70. The third kappa shape index (κ3) is 4.41. The van der Waals surface area contributed by atoms with E-state index in [4.69, 9.17) is 5.10 Å². The molecule has 9 heteroatoms. The third-order valence-corrected chi connectivity index (χ3v) is 5.47. The number of aryl methyl sites for hydroxylation is 2. The van der Waals surface area contributed by atoms with Crippen LogP contribution in [0.15, 0.2) is 35.1 Å². The minimum atomic E-state index is -3.58. The van der Waals surface area contributed by atoms with Crippen molar-refractivity contribution in [1.82, 2.24) is 19.3 Å². The maximum atomic E-state index is 12.0. The van der Waals surface area contributed by atoms with Crippen LogP contribution in [0.5, 0.6) is 0 Å². The second kappa shape index (κ2) is 8.00. The van der Waals surface area contributed by atoms with Gasteiger partial charge in [-0.2, -0.15) is 5.10 Å². The second-order valence-electron chi connectivity index (χ2n) is 6.60. The van der Waals surface area contributed by atoms with E-state index in [0.29, 0.717) is 6.42 Å². The van der Waals surface area contributed by atoms with Crippen LogP contribution in [-0.2, 0) is 27.7 Å². The molecule has 0 fully saturated rings. The summed E-state index contributed by atoms with van der Waals surface area (Å²) in [6.45, 7) is 3.97. The highest BCUT2D eigenvalue weighted by molar-refractivity contribution is 9.10. The lowest BCUT2D eigenvalue weighted by Crippen LogP contribution is -2.29. The molecular weight excluding hydrogens is 444 g/mol. The molecule has 0 bridgehead atoms. The van der Waals surface area contributed by atoms with Gasteiger partial charge in [0, 0.05) is 40.1 Å². The summed E-state index contributed by atoms with van der Waals surface area (Å²) >= 11 is 3.46. The molecule has 0 spiro atoms. The minimum absolute atomic E-state index is 0.0432. The van der Waals surface area contributed by atoms with Crippen LogP contribution in [0.4, 0.5) is 0 Å². The number of carbonyl (C=O) groups is 1. The summed E-state index contributed by atoms with van der Waals surface area (Å²) in [4.78, 5) is 16.3. The quantitative estimate of drug-likeness (QED) is 0.604. The Bertz CT molecular complexity index is 1160. The van der Waals surface area contributed by atoms with Gasteiger partial charge in [0.05, 0.1) is 17.5 Å². The molecule has 3 aromatic heterocycles. The first-order chi connectivity index (χ1) is 13.2. The Balaban J connectivity index is 2.12. The van der Waals surface area contributed by atoms with Gasteiger partial charge in [0.2, 0.25) is 15.9 Å². The van der Waals surface area contributed by atoms with Crippen LogP contribution in [0, 0.1) is 6.92 Å². The number of nitrogens with one attached hydrogen (secondary N) is 1. The van der Waals surface area contributed by atoms with Gasteiger partial charge >= 0.3 is 0 Å². The van der Waals surface area contributed by atoms with E-state index in [0.717, 1.165) is 50.7 Å². The summed E-state index contributed by atoms with van der Waals surface area (Å²) in [6.07, 6.45) is 5.71. The lowest BCUT2D eigenvalue weighted by molar-refractivity contribution is -0.119. The zero-order chi connectivity index (χ0) is 20.5. The Kier molecular flexibility index (Phi) is 5.85. The Hall–Kier alpha value is -2.26. The minimum Gasteiger partial charge on any atom is -0.274 e. The van der Waals surface area contributed by atoms with Crippen molar-refractivity contribution >= 4 is 37.4 Å². The van der Waals surface area contributed by atoms with Crippen LogP contribution in [0.3, 0.4) is 0 Å². The van der Waals surface area contributed by atoms with Crippen molar-refractivity contribution in [1.29, 1.82) is 0 Å². The molecular formula is C19H21BrN4O3S. The van der Waals surface area contributed by atoms with Crippen LogP contribution in [-0.4, -0.2) is 35.2 Å². The van der Waals surface area contributed by atoms with Crippen LogP contribution in [0.2, 0.25) is 0 Å². The number of sulfonamides is 1. The molecule has 0 saturated heterocycles. The van der Waals surface area contributed by atoms with E-state index in [1.807, 2.05) is 34.4 Å². The number of halogens is 1. The lowest BCUT2D eigenvalue weighted by Gasteiger charge is -2.15. The zero-order valence-electron chi connectivity index (χ0n) is 15.9. The molecule has 7 nitrogen and oxygen atoms in total. The molecule has 0 radical (unpaired) electrons. The topological polar surface area (TPSA) is 93.4 Å². The van der Waals surface area contributed by atoms with Gasteiger partial charge < -0.3 is 0 Å². The fraction of sp³-hybridized carbons (Fsp3) is 0.316. The maximum absolute atomic E-state index is 12.0. The molecule has 1 amide bonds. The smallest absolute Gasteiger partial charge is 0.233 e. The summed E-state index contributed by atoms with van der Waals surface area (Å²) in [5.74, 6) is -0.537. The SMILES string of the molecule is CCc1ccc2c(-c3cncc(Br)c3)c(CCC(=O)NS(C)(=O)=O)c(C)nn12. The maximum Gasteiger partial charge on any atom is 0.233 e. The second-order valence-corrected chi connectivity index (χ2v) is 9.27. The van der Waals surface area contributed by atoms with Crippen molar-refractivity contribution in [3.05, 3.63) is 52.0 Å². The van der Waals surface area contributed by atoms with E-state index in [9.17, 15) is 13.2 Å². The number of hydrogen-bond donors (Lipinski definition) is 1. The molecule has 0 aliphatic heterocycles. The van der Waals surface area contributed by atoms with Crippen molar-refractivity contribution < 1.29 is 13.2 Å². The first-order valence-electron chi connectivity index (χ1n) is 8.81. The zero-order valence-corrected chi connectivity index (χ0v) is 18.3. The van der Waals surface area contributed by atoms with Crippen LogP contribution < -0.4 is 4.72 Å². The van der Waals surface area contributed by atoms with Gasteiger partial charge in [-0.1, -0.05) is 6.92 Å². The number of carbonyl (C=O) groups excluding carboxylic acids is 1. The number of aromatic nitrogens is 3. The molecule has 0 saturated carbocycles. The van der Waals surface area contributed by atoms with Crippen molar-refractivity contribution in [3.63, 3.8) is 0 Å². The Morgan fingerprint density at radius 3 is 2.68 bits per heavy atom. The Morgan fingerprint density at radius 2 is 2.04 bits per heavy atom. The highest BCUT2D eigenvalue weighted by Gasteiger charge is 2.18. The van der Waals surface area contributed by atoms with Gasteiger partial charge in [-0.05, 0) is 59.5 Å². The fourth-order valence-electron chi connectivity index (χ4n) is 3.26. The molecule has 0 aromatic carbocycles. The fourth-order valence-corrected chi connectivity index (χ4v) is 4.15. The van der Waals surface area contributed by atoms with Crippen LogP contribution in [0.25, 0.3) is 16.6 Å². The van der Waals surface area contributed by atoms with E-state index >= 15 is 0 Å². The van der Waals surface area contributed by atoms with E-state index in [-0.39, 0.29) is 6.42 Å². The van der Waals surface area contributed by atoms with Gasteiger partial charge in [-0.3, -0.25) is 14.5 Å². The van der Waals surface area contributed by atoms with Crippen LogP contribution in [0.1, 0.15) is 30.3 Å². The highest BCUT2D eigenvalue weighted by atomic mass is 79.9. The van der Waals surface area contributed by atoms with Crippen molar-refractivity contribution in [3.8, 4) is 11.1 Å². The Labute approximate surface area is 172 Å². The molecule has 28 heavy (non-hydrogen) atoms. The molecule has 0 aliphatic carbocycles. The number of rotatable bonds is 6. The number of amides is 1. The number of fused-ring (bicyclic) bond motifs is 1. The number of hydrogen-bond acceptors (Lipinski definition) is 5. The first kappa shape index (κ1) is 20.5.